The van der Waals surface area contributed by atoms with Crippen molar-refractivity contribution in [2.45, 2.75) is 13.5 Å². The zero-order valence-corrected chi connectivity index (χ0v) is 10.7. The molecule has 0 saturated heterocycles. The molecule has 0 bridgehead atoms. The van der Waals surface area contributed by atoms with E-state index in [0.717, 1.165) is 0 Å². The second kappa shape index (κ2) is 5.90. The number of benzene rings is 1. The van der Waals surface area contributed by atoms with Crippen LogP contribution in [0.15, 0.2) is 36.5 Å². The van der Waals surface area contributed by atoms with Gasteiger partial charge in [0, 0.05) is 13.1 Å². The third-order valence-electron chi connectivity index (χ3n) is 2.44. The number of nitrogens with zero attached hydrogens (tertiary/aromatic N) is 2. The highest BCUT2D eigenvalue weighted by Gasteiger charge is 2.04. The van der Waals surface area contributed by atoms with E-state index in [4.69, 9.17) is 10.5 Å². The Kier molecular flexibility index (Phi) is 4.02. The van der Waals surface area contributed by atoms with Crippen molar-refractivity contribution < 1.29 is 9.53 Å². The molecule has 0 aliphatic heterocycles. The van der Waals surface area contributed by atoms with Gasteiger partial charge in [-0.2, -0.15) is 5.10 Å². The van der Waals surface area contributed by atoms with Gasteiger partial charge in [0.2, 0.25) is 5.91 Å². The molecule has 100 valence electrons. The van der Waals surface area contributed by atoms with Gasteiger partial charge in [-0.15, -0.1) is 0 Å². The first-order valence-corrected chi connectivity index (χ1v) is 5.93. The Bertz CT molecular complexity index is 565. The molecule has 0 aliphatic rings. The summed E-state index contributed by atoms with van der Waals surface area (Å²) >= 11 is 0. The van der Waals surface area contributed by atoms with E-state index in [-0.39, 0.29) is 5.91 Å². The third-order valence-corrected chi connectivity index (χ3v) is 2.44. The number of carbonyl (C=O) groups is 1. The standard InChI is InChI=1S/C13H16N4O2/c1-10(18)15-11-4-2-3-5-12(11)19-9-8-17-7-6-13(14)16-17/h2-7H,8-9H2,1H3,(H2,14,16)(H,15,18). The Morgan fingerprint density at radius 3 is 2.89 bits per heavy atom. The highest BCUT2D eigenvalue weighted by atomic mass is 16.5. The molecule has 6 nitrogen and oxygen atoms in total. The van der Waals surface area contributed by atoms with E-state index in [9.17, 15) is 4.79 Å². The molecular formula is C13H16N4O2. The van der Waals surface area contributed by atoms with E-state index in [1.807, 2.05) is 18.2 Å². The molecule has 1 aromatic carbocycles. The maximum absolute atomic E-state index is 11.1. The lowest BCUT2D eigenvalue weighted by atomic mass is 10.3. The third kappa shape index (κ3) is 3.74. The van der Waals surface area contributed by atoms with Crippen LogP contribution in [0, 0.1) is 0 Å². The molecule has 0 radical (unpaired) electrons. The van der Waals surface area contributed by atoms with Gasteiger partial charge >= 0.3 is 0 Å². The summed E-state index contributed by atoms with van der Waals surface area (Å²) < 4.78 is 7.34. The Morgan fingerprint density at radius 2 is 2.21 bits per heavy atom. The molecule has 1 aromatic heterocycles. The number of para-hydroxylation sites is 2. The molecule has 0 unspecified atom stereocenters. The van der Waals surface area contributed by atoms with Crippen molar-refractivity contribution in [2.75, 3.05) is 17.7 Å². The highest BCUT2D eigenvalue weighted by Crippen LogP contribution is 2.23. The monoisotopic (exact) mass is 260 g/mol. The number of anilines is 2. The first-order chi connectivity index (χ1) is 9.15. The van der Waals surface area contributed by atoms with Crippen molar-refractivity contribution in [1.82, 2.24) is 9.78 Å². The summed E-state index contributed by atoms with van der Waals surface area (Å²) in [6.07, 6.45) is 1.79. The normalized spacial score (nSPS) is 10.2. The summed E-state index contributed by atoms with van der Waals surface area (Å²) in [6, 6.07) is 9.02. The summed E-state index contributed by atoms with van der Waals surface area (Å²) in [4.78, 5) is 11.1. The lowest BCUT2D eigenvalue weighted by molar-refractivity contribution is -0.114. The minimum absolute atomic E-state index is 0.129. The lowest BCUT2D eigenvalue weighted by Crippen LogP contribution is -2.11. The van der Waals surface area contributed by atoms with Gasteiger partial charge in [-0.1, -0.05) is 12.1 Å². The van der Waals surface area contributed by atoms with Gasteiger partial charge in [0.05, 0.1) is 12.2 Å². The van der Waals surface area contributed by atoms with E-state index in [1.165, 1.54) is 6.92 Å². The number of nitrogen functional groups attached to an aromatic ring is 1. The van der Waals surface area contributed by atoms with Crippen LogP contribution in [0.5, 0.6) is 5.75 Å². The molecule has 0 atom stereocenters. The quantitative estimate of drug-likeness (QED) is 0.853. The van der Waals surface area contributed by atoms with E-state index < -0.39 is 0 Å². The van der Waals surface area contributed by atoms with E-state index in [1.54, 1.807) is 23.0 Å². The van der Waals surface area contributed by atoms with Gasteiger partial charge in [-0.25, -0.2) is 0 Å². The van der Waals surface area contributed by atoms with Gasteiger partial charge in [0.25, 0.3) is 0 Å². The summed E-state index contributed by atoms with van der Waals surface area (Å²) in [5.41, 5.74) is 6.18. The summed E-state index contributed by atoms with van der Waals surface area (Å²) in [6.45, 7) is 2.49. The van der Waals surface area contributed by atoms with Crippen molar-refractivity contribution in [1.29, 1.82) is 0 Å². The Hall–Kier alpha value is -2.50. The molecule has 3 N–H and O–H groups in total. The maximum atomic E-state index is 11.1. The van der Waals surface area contributed by atoms with Crippen LogP contribution in [-0.2, 0) is 11.3 Å². The molecule has 19 heavy (non-hydrogen) atoms. The molecular weight excluding hydrogens is 244 g/mol. The fourth-order valence-electron chi connectivity index (χ4n) is 1.64. The fraction of sp³-hybridized carbons (Fsp3) is 0.231. The van der Waals surface area contributed by atoms with Crippen LogP contribution >= 0.6 is 0 Å². The Balaban J connectivity index is 1.93. The minimum Gasteiger partial charge on any atom is -0.489 e. The highest BCUT2D eigenvalue weighted by molar-refractivity contribution is 5.90. The molecule has 0 saturated carbocycles. The van der Waals surface area contributed by atoms with Gasteiger partial charge in [0.1, 0.15) is 18.2 Å². The average molecular weight is 260 g/mol. The van der Waals surface area contributed by atoms with Crippen LogP contribution in [0.2, 0.25) is 0 Å². The molecule has 2 rings (SSSR count). The molecule has 1 heterocycles. The van der Waals surface area contributed by atoms with Crippen molar-refractivity contribution in [3.8, 4) is 5.75 Å². The number of amides is 1. The zero-order chi connectivity index (χ0) is 13.7. The van der Waals surface area contributed by atoms with Gasteiger partial charge in [-0.05, 0) is 18.2 Å². The second-order valence-electron chi connectivity index (χ2n) is 4.03. The van der Waals surface area contributed by atoms with Crippen LogP contribution in [-0.4, -0.2) is 22.3 Å². The van der Waals surface area contributed by atoms with E-state index >= 15 is 0 Å². The minimum atomic E-state index is -0.129. The predicted octanol–water partition coefficient (Wildman–Crippen LogP) is 1.50. The first-order valence-electron chi connectivity index (χ1n) is 5.93. The van der Waals surface area contributed by atoms with Crippen LogP contribution in [0.3, 0.4) is 0 Å². The largest absolute Gasteiger partial charge is 0.489 e. The number of nitrogens with two attached hydrogens (primary N) is 1. The molecule has 2 aromatic rings. The zero-order valence-electron chi connectivity index (χ0n) is 10.7. The number of hydrogen-bond donors (Lipinski definition) is 2. The van der Waals surface area contributed by atoms with Crippen LogP contribution in [0.4, 0.5) is 11.5 Å². The number of nitrogens with one attached hydrogen (secondary N) is 1. The lowest BCUT2D eigenvalue weighted by Gasteiger charge is -2.11. The molecule has 6 heteroatoms. The molecule has 0 spiro atoms. The summed E-state index contributed by atoms with van der Waals surface area (Å²) in [5, 5.41) is 6.78. The number of ether oxygens (including phenoxy) is 1. The topological polar surface area (TPSA) is 82.2 Å². The Morgan fingerprint density at radius 1 is 1.42 bits per heavy atom. The van der Waals surface area contributed by atoms with Gasteiger partial charge in [0.15, 0.2) is 0 Å². The van der Waals surface area contributed by atoms with Crippen molar-refractivity contribution >= 4 is 17.4 Å². The number of hydrogen-bond acceptors (Lipinski definition) is 4. The number of aromatic nitrogens is 2. The molecule has 0 aliphatic carbocycles. The summed E-state index contributed by atoms with van der Waals surface area (Å²) in [7, 11) is 0. The Labute approximate surface area is 111 Å². The van der Waals surface area contributed by atoms with E-state index in [0.29, 0.717) is 30.4 Å². The number of carbonyl (C=O) groups excluding carboxylic acids is 1. The van der Waals surface area contributed by atoms with Crippen molar-refractivity contribution in [3.05, 3.63) is 36.5 Å². The van der Waals surface area contributed by atoms with Crippen LogP contribution in [0.25, 0.3) is 0 Å². The van der Waals surface area contributed by atoms with E-state index in [2.05, 4.69) is 10.4 Å². The second-order valence-corrected chi connectivity index (χ2v) is 4.03. The predicted molar refractivity (Wildman–Crippen MR) is 72.9 cm³/mol. The van der Waals surface area contributed by atoms with Crippen LogP contribution in [0.1, 0.15) is 6.92 Å². The van der Waals surface area contributed by atoms with Crippen molar-refractivity contribution in [3.63, 3.8) is 0 Å². The maximum Gasteiger partial charge on any atom is 0.221 e. The summed E-state index contributed by atoms with van der Waals surface area (Å²) in [5.74, 6) is 0.993. The SMILES string of the molecule is CC(=O)Nc1ccccc1OCCn1ccc(N)n1. The molecule has 0 fully saturated rings. The number of rotatable bonds is 5. The molecule has 1 amide bonds. The average Bonchev–Trinajstić information content (AvgIpc) is 2.77. The first kappa shape index (κ1) is 12.9. The van der Waals surface area contributed by atoms with Gasteiger partial charge in [-0.3, -0.25) is 9.48 Å². The fourth-order valence-corrected chi connectivity index (χ4v) is 1.64. The van der Waals surface area contributed by atoms with Gasteiger partial charge < -0.3 is 15.8 Å². The van der Waals surface area contributed by atoms with Crippen LogP contribution < -0.4 is 15.8 Å². The van der Waals surface area contributed by atoms with Crippen molar-refractivity contribution in [2.24, 2.45) is 0 Å². The smallest absolute Gasteiger partial charge is 0.221 e.